The number of piperidine rings is 1. The highest BCUT2D eigenvalue weighted by molar-refractivity contribution is 7.09. The van der Waals surface area contributed by atoms with Crippen LogP contribution >= 0.6 is 23.7 Å². The molecule has 1 aliphatic carbocycles. The van der Waals surface area contributed by atoms with Crippen LogP contribution in [0.2, 0.25) is 0 Å². The van der Waals surface area contributed by atoms with E-state index in [1.165, 1.54) is 49.2 Å². The molecule has 3 nitrogen and oxygen atoms in total. The average molecular weight is 302 g/mol. The fourth-order valence-corrected chi connectivity index (χ4v) is 3.95. The Labute approximate surface area is 126 Å². The Morgan fingerprint density at radius 2 is 2.21 bits per heavy atom. The van der Waals surface area contributed by atoms with E-state index in [4.69, 9.17) is 5.73 Å². The first-order chi connectivity index (χ1) is 8.75. The van der Waals surface area contributed by atoms with Gasteiger partial charge in [0.2, 0.25) is 0 Å². The van der Waals surface area contributed by atoms with Crippen LogP contribution in [-0.2, 0) is 6.54 Å². The minimum Gasteiger partial charge on any atom is -0.327 e. The van der Waals surface area contributed by atoms with Crippen LogP contribution in [0.4, 0.5) is 0 Å². The van der Waals surface area contributed by atoms with Crippen molar-refractivity contribution >= 4 is 23.7 Å². The van der Waals surface area contributed by atoms with Crippen LogP contribution < -0.4 is 5.73 Å². The van der Waals surface area contributed by atoms with Crippen molar-refractivity contribution < 1.29 is 0 Å². The molecule has 0 spiro atoms. The highest BCUT2D eigenvalue weighted by Gasteiger charge is 2.31. The summed E-state index contributed by atoms with van der Waals surface area (Å²) in [5, 5.41) is 0. The second-order valence-electron chi connectivity index (χ2n) is 5.83. The Kier molecular flexibility index (Phi) is 5.23. The largest absolute Gasteiger partial charge is 0.327 e. The number of thiazole rings is 1. The summed E-state index contributed by atoms with van der Waals surface area (Å²) in [6.45, 7) is 4.42. The van der Waals surface area contributed by atoms with Crippen molar-refractivity contribution in [2.24, 2.45) is 5.73 Å². The zero-order chi connectivity index (χ0) is 12.5. The molecule has 108 valence electrons. The van der Waals surface area contributed by atoms with E-state index in [2.05, 4.69) is 16.8 Å². The van der Waals surface area contributed by atoms with Crippen LogP contribution in [0.3, 0.4) is 0 Å². The Balaban J connectivity index is 0.00000133. The first-order valence-electron chi connectivity index (χ1n) is 7.17. The van der Waals surface area contributed by atoms with Gasteiger partial charge in [0.05, 0.1) is 11.2 Å². The van der Waals surface area contributed by atoms with Crippen molar-refractivity contribution in [1.29, 1.82) is 0 Å². The molecular formula is C14H24ClN3S. The maximum absolute atomic E-state index is 6.14. The van der Waals surface area contributed by atoms with Gasteiger partial charge in [-0.1, -0.05) is 6.42 Å². The summed E-state index contributed by atoms with van der Waals surface area (Å²) in [5.74, 6) is 0.768. The second kappa shape index (κ2) is 6.53. The van der Waals surface area contributed by atoms with Crippen molar-refractivity contribution in [1.82, 2.24) is 9.88 Å². The Morgan fingerprint density at radius 1 is 1.42 bits per heavy atom. The number of aromatic nitrogens is 1. The summed E-state index contributed by atoms with van der Waals surface area (Å²) in [5.41, 5.74) is 9.55. The van der Waals surface area contributed by atoms with E-state index in [1.807, 2.05) is 16.8 Å². The van der Waals surface area contributed by atoms with Crippen LogP contribution in [0.5, 0.6) is 0 Å². The molecule has 5 heteroatoms. The van der Waals surface area contributed by atoms with Gasteiger partial charge in [-0.2, -0.15) is 0 Å². The van der Waals surface area contributed by atoms with Gasteiger partial charge >= 0.3 is 0 Å². The lowest BCUT2D eigenvalue weighted by atomic mass is 9.97. The molecule has 0 amide bonds. The van der Waals surface area contributed by atoms with Crippen molar-refractivity contribution in [3.63, 3.8) is 0 Å². The Morgan fingerprint density at radius 3 is 2.89 bits per heavy atom. The highest BCUT2D eigenvalue weighted by atomic mass is 35.5. The summed E-state index contributed by atoms with van der Waals surface area (Å²) >= 11 is 1.83. The van der Waals surface area contributed by atoms with E-state index < -0.39 is 0 Å². The molecule has 2 aliphatic rings. The number of hydrogen-bond acceptors (Lipinski definition) is 4. The molecule has 1 aromatic heterocycles. The number of hydrogen-bond donors (Lipinski definition) is 1. The maximum Gasteiger partial charge on any atom is 0.0798 e. The third-order valence-corrected chi connectivity index (χ3v) is 5.09. The highest BCUT2D eigenvalue weighted by Crippen LogP contribution is 2.42. The normalized spacial score (nSPS) is 25.9. The lowest BCUT2D eigenvalue weighted by Gasteiger charge is -2.37. The van der Waals surface area contributed by atoms with E-state index in [0.717, 1.165) is 12.5 Å². The van der Waals surface area contributed by atoms with E-state index in [1.54, 1.807) is 0 Å². The minimum absolute atomic E-state index is 0. The monoisotopic (exact) mass is 301 g/mol. The molecular weight excluding hydrogens is 278 g/mol. The summed E-state index contributed by atoms with van der Waals surface area (Å²) in [6.07, 6.45) is 6.60. The van der Waals surface area contributed by atoms with Gasteiger partial charge in [-0.15, -0.1) is 23.7 Å². The standard InChI is InChI=1S/C14H23N3S.ClH/c1-10(15)12-4-2-3-7-17(12)8-13-14(11-5-6-11)16-9-18-13;/h9-12H,2-8,15H2,1H3;1H. The van der Waals surface area contributed by atoms with Gasteiger partial charge in [-0.25, -0.2) is 4.98 Å². The maximum atomic E-state index is 6.14. The molecule has 2 heterocycles. The number of rotatable bonds is 4. The van der Waals surface area contributed by atoms with Crippen molar-refractivity contribution in [3.05, 3.63) is 16.1 Å². The Hall–Kier alpha value is -0.160. The first kappa shape index (κ1) is 15.2. The summed E-state index contributed by atoms with van der Waals surface area (Å²) in [6, 6.07) is 0.843. The molecule has 1 aliphatic heterocycles. The summed E-state index contributed by atoms with van der Waals surface area (Å²) in [4.78, 5) is 8.66. The van der Waals surface area contributed by atoms with Crippen LogP contribution in [0.25, 0.3) is 0 Å². The molecule has 2 atom stereocenters. The number of nitrogens with zero attached hydrogens (tertiary/aromatic N) is 2. The predicted octanol–water partition coefficient (Wildman–Crippen LogP) is 3.14. The van der Waals surface area contributed by atoms with Gasteiger partial charge in [-0.3, -0.25) is 4.90 Å². The van der Waals surface area contributed by atoms with Gasteiger partial charge in [0.25, 0.3) is 0 Å². The van der Waals surface area contributed by atoms with Gasteiger partial charge in [0, 0.05) is 29.4 Å². The molecule has 2 N–H and O–H groups in total. The van der Waals surface area contributed by atoms with Gasteiger partial charge in [0.15, 0.2) is 0 Å². The minimum atomic E-state index is 0. The molecule has 0 radical (unpaired) electrons. The van der Waals surface area contributed by atoms with Gasteiger partial charge < -0.3 is 5.73 Å². The zero-order valence-electron chi connectivity index (χ0n) is 11.5. The predicted molar refractivity (Wildman–Crippen MR) is 83.0 cm³/mol. The van der Waals surface area contributed by atoms with Crippen molar-refractivity contribution in [3.8, 4) is 0 Å². The van der Waals surface area contributed by atoms with E-state index in [-0.39, 0.29) is 18.4 Å². The average Bonchev–Trinajstić information content (AvgIpc) is 3.11. The third kappa shape index (κ3) is 3.48. The third-order valence-electron chi connectivity index (χ3n) is 4.25. The Bertz CT molecular complexity index is 403. The van der Waals surface area contributed by atoms with Gasteiger partial charge in [0.1, 0.15) is 0 Å². The van der Waals surface area contributed by atoms with Gasteiger partial charge in [-0.05, 0) is 39.2 Å². The molecule has 0 aromatic carbocycles. The number of halogens is 1. The topological polar surface area (TPSA) is 42.1 Å². The van der Waals surface area contributed by atoms with Crippen LogP contribution in [-0.4, -0.2) is 28.5 Å². The molecule has 1 saturated carbocycles. The quantitative estimate of drug-likeness (QED) is 0.929. The smallest absolute Gasteiger partial charge is 0.0798 e. The van der Waals surface area contributed by atoms with Crippen LogP contribution in [0.1, 0.15) is 55.5 Å². The van der Waals surface area contributed by atoms with Crippen LogP contribution in [0, 0.1) is 0 Å². The SMILES string of the molecule is CC(N)C1CCCCN1Cc1scnc1C1CC1.Cl. The van der Waals surface area contributed by atoms with E-state index in [0.29, 0.717) is 6.04 Å². The first-order valence-corrected chi connectivity index (χ1v) is 8.05. The number of likely N-dealkylation sites (tertiary alicyclic amines) is 1. The fraction of sp³-hybridized carbons (Fsp3) is 0.786. The lowest BCUT2D eigenvalue weighted by molar-refractivity contribution is 0.124. The summed E-state index contributed by atoms with van der Waals surface area (Å²) < 4.78 is 0. The molecule has 1 aromatic rings. The molecule has 0 bridgehead atoms. The molecule has 2 unspecified atom stereocenters. The van der Waals surface area contributed by atoms with Crippen LogP contribution in [0.15, 0.2) is 5.51 Å². The molecule has 2 fully saturated rings. The molecule has 19 heavy (non-hydrogen) atoms. The molecule has 3 rings (SSSR count). The number of nitrogens with two attached hydrogens (primary N) is 1. The second-order valence-corrected chi connectivity index (χ2v) is 6.77. The lowest BCUT2D eigenvalue weighted by Crippen LogP contribution is -2.48. The van der Waals surface area contributed by atoms with E-state index >= 15 is 0 Å². The van der Waals surface area contributed by atoms with E-state index in [9.17, 15) is 0 Å². The zero-order valence-corrected chi connectivity index (χ0v) is 13.2. The van der Waals surface area contributed by atoms with Crippen molar-refractivity contribution in [2.45, 2.75) is 63.6 Å². The molecule has 1 saturated heterocycles. The fourth-order valence-electron chi connectivity index (χ4n) is 3.08. The van der Waals surface area contributed by atoms with Crippen molar-refractivity contribution in [2.75, 3.05) is 6.54 Å². The summed E-state index contributed by atoms with van der Waals surface area (Å²) in [7, 11) is 0.